The first-order valence-electron chi connectivity index (χ1n) is 7.55. The number of sulfonamides is 1. The number of rotatable bonds is 4. The van der Waals surface area contributed by atoms with E-state index in [1.807, 2.05) is 32.9 Å². The Labute approximate surface area is 128 Å². The van der Waals surface area contributed by atoms with Gasteiger partial charge in [-0.1, -0.05) is 24.1 Å². The molecule has 1 aromatic rings. The number of nitrogens with zero attached hydrogens (tertiary/aromatic N) is 1. The fourth-order valence-electron chi connectivity index (χ4n) is 3.67. The molecule has 0 bridgehead atoms. The highest BCUT2D eigenvalue weighted by Crippen LogP contribution is 2.33. The second kappa shape index (κ2) is 6.07. The maximum absolute atomic E-state index is 13.0. The molecule has 2 atom stereocenters. The maximum atomic E-state index is 13.0. The lowest BCUT2D eigenvalue weighted by Gasteiger charge is -2.29. The molecule has 118 valence electrons. The lowest BCUT2D eigenvalue weighted by atomic mass is 10.0. The molecule has 21 heavy (non-hydrogen) atoms. The molecule has 0 saturated heterocycles. The lowest BCUT2D eigenvalue weighted by Crippen LogP contribution is -2.41. The number of hydrogen-bond acceptors (Lipinski definition) is 3. The first-order valence-corrected chi connectivity index (χ1v) is 8.99. The molecule has 0 heterocycles. The van der Waals surface area contributed by atoms with E-state index in [-0.39, 0.29) is 12.0 Å². The van der Waals surface area contributed by atoms with Crippen LogP contribution in [0.3, 0.4) is 0 Å². The summed E-state index contributed by atoms with van der Waals surface area (Å²) >= 11 is 0. The monoisotopic (exact) mass is 310 g/mol. The minimum atomic E-state index is -3.47. The first kappa shape index (κ1) is 16.5. The van der Waals surface area contributed by atoms with E-state index in [0.717, 1.165) is 36.0 Å². The van der Waals surface area contributed by atoms with Crippen molar-refractivity contribution in [3.05, 3.63) is 28.8 Å². The van der Waals surface area contributed by atoms with Gasteiger partial charge in [0.15, 0.2) is 0 Å². The van der Waals surface area contributed by atoms with Crippen LogP contribution in [-0.2, 0) is 10.0 Å². The van der Waals surface area contributed by atoms with Crippen LogP contribution in [0.1, 0.15) is 36.0 Å². The molecule has 1 aromatic carbocycles. The Balaban J connectivity index is 2.43. The molecule has 0 aromatic heterocycles. The van der Waals surface area contributed by atoms with Gasteiger partial charge in [0.05, 0.1) is 4.90 Å². The van der Waals surface area contributed by atoms with Crippen LogP contribution >= 0.6 is 0 Å². The highest BCUT2D eigenvalue weighted by Gasteiger charge is 2.37. The summed E-state index contributed by atoms with van der Waals surface area (Å²) in [6.45, 7) is 6.28. The average Bonchev–Trinajstić information content (AvgIpc) is 2.83. The third-order valence-corrected chi connectivity index (χ3v) is 6.82. The van der Waals surface area contributed by atoms with Crippen LogP contribution < -0.4 is 5.73 Å². The van der Waals surface area contributed by atoms with Crippen molar-refractivity contribution >= 4 is 10.0 Å². The van der Waals surface area contributed by atoms with Crippen molar-refractivity contribution in [3.63, 3.8) is 0 Å². The Morgan fingerprint density at radius 1 is 1.19 bits per heavy atom. The maximum Gasteiger partial charge on any atom is 0.243 e. The molecule has 5 heteroatoms. The standard InChI is InChI=1S/C16H26N2O2S/c1-11-8-12(2)16(13(3)9-11)21(19,20)18(4)15-7-5-6-14(15)10-17/h8-9,14-15H,5-7,10,17H2,1-4H3. The van der Waals surface area contributed by atoms with Gasteiger partial charge in [0.2, 0.25) is 10.0 Å². The van der Waals surface area contributed by atoms with E-state index in [1.165, 1.54) is 0 Å². The third kappa shape index (κ3) is 3.00. The summed E-state index contributed by atoms with van der Waals surface area (Å²) in [7, 11) is -1.76. The number of hydrogen-bond donors (Lipinski definition) is 1. The quantitative estimate of drug-likeness (QED) is 0.928. The molecular weight excluding hydrogens is 284 g/mol. The van der Waals surface area contributed by atoms with E-state index in [9.17, 15) is 8.42 Å². The number of aryl methyl sites for hydroxylation is 3. The van der Waals surface area contributed by atoms with E-state index < -0.39 is 10.0 Å². The van der Waals surface area contributed by atoms with Crippen molar-refractivity contribution in [2.24, 2.45) is 11.7 Å². The number of benzene rings is 1. The third-order valence-electron chi connectivity index (χ3n) is 4.63. The molecule has 2 N–H and O–H groups in total. The summed E-state index contributed by atoms with van der Waals surface area (Å²) in [6.07, 6.45) is 2.98. The van der Waals surface area contributed by atoms with Gasteiger partial charge in [0.1, 0.15) is 0 Å². The Bertz CT molecular complexity index is 602. The van der Waals surface area contributed by atoms with Crippen LogP contribution in [0, 0.1) is 26.7 Å². The van der Waals surface area contributed by atoms with E-state index in [2.05, 4.69) is 0 Å². The van der Waals surface area contributed by atoms with E-state index >= 15 is 0 Å². The second-order valence-corrected chi connectivity index (χ2v) is 8.18. The van der Waals surface area contributed by atoms with Gasteiger partial charge in [-0.15, -0.1) is 0 Å². The van der Waals surface area contributed by atoms with Crippen molar-refractivity contribution in [1.82, 2.24) is 4.31 Å². The van der Waals surface area contributed by atoms with Crippen LogP contribution in [-0.4, -0.2) is 32.4 Å². The summed E-state index contributed by atoms with van der Waals surface area (Å²) in [6, 6.07) is 3.89. The lowest BCUT2D eigenvalue weighted by molar-refractivity contribution is 0.304. The van der Waals surface area contributed by atoms with Crippen molar-refractivity contribution in [3.8, 4) is 0 Å². The van der Waals surface area contributed by atoms with Gasteiger partial charge in [0.25, 0.3) is 0 Å². The molecule has 0 aliphatic heterocycles. The average molecular weight is 310 g/mol. The first-order chi connectivity index (χ1) is 9.78. The molecule has 0 radical (unpaired) electrons. The van der Waals surface area contributed by atoms with Crippen LogP contribution in [0.4, 0.5) is 0 Å². The Hall–Kier alpha value is -0.910. The SMILES string of the molecule is Cc1cc(C)c(S(=O)(=O)N(C)C2CCCC2CN)c(C)c1. The van der Waals surface area contributed by atoms with Gasteiger partial charge in [-0.05, 0) is 57.2 Å². The molecule has 0 amide bonds. The summed E-state index contributed by atoms with van der Waals surface area (Å²) in [5.74, 6) is 0.274. The zero-order chi connectivity index (χ0) is 15.8. The predicted molar refractivity (Wildman–Crippen MR) is 85.8 cm³/mol. The minimum absolute atomic E-state index is 0.0279. The van der Waals surface area contributed by atoms with Gasteiger partial charge < -0.3 is 5.73 Å². The molecule has 1 saturated carbocycles. The zero-order valence-corrected chi connectivity index (χ0v) is 14.2. The molecule has 4 nitrogen and oxygen atoms in total. The number of nitrogens with two attached hydrogens (primary N) is 1. The summed E-state index contributed by atoms with van der Waals surface area (Å²) < 4.78 is 27.6. The highest BCUT2D eigenvalue weighted by atomic mass is 32.2. The van der Waals surface area contributed by atoms with Crippen molar-refractivity contribution in [2.75, 3.05) is 13.6 Å². The van der Waals surface area contributed by atoms with Crippen molar-refractivity contribution < 1.29 is 8.42 Å². The summed E-state index contributed by atoms with van der Waals surface area (Å²) in [5.41, 5.74) is 8.53. The summed E-state index contributed by atoms with van der Waals surface area (Å²) in [5, 5.41) is 0. The van der Waals surface area contributed by atoms with Gasteiger partial charge in [-0.2, -0.15) is 4.31 Å². The Morgan fingerprint density at radius 3 is 2.29 bits per heavy atom. The van der Waals surface area contributed by atoms with Crippen LogP contribution in [0.2, 0.25) is 0 Å². The molecule has 0 spiro atoms. The molecular formula is C16H26N2O2S. The Morgan fingerprint density at radius 2 is 1.76 bits per heavy atom. The van der Waals surface area contributed by atoms with Gasteiger partial charge >= 0.3 is 0 Å². The van der Waals surface area contributed by atoms with E-state index in [4.69, 9.17) is 5.73 Å². The molecule has 2 rings (SSSR count). The van der Waals surface area contributed by atoms with Crippen molar-refractivity contribution in [2.45, 2.75) is 51.0 Å². The van der Waals surface area contributed by atoms with Gasteiger partial charge in [-0.3, -0.25) is 0 Å². The molecule has 2 unspecified atom stereocenters. The topological polar surface area (TPSA) is 63.4 Å². The summed E-state index contributed by atoms with van der Waals surface area (Å²) in [4.78, 5) is 0.457. The highest BCUT2D eigenvalue weighted by molar-refractivity contribution is 7.89. The smallest absolute Gasteiger partial charge is 0.243 e. The fourth-order valence-corrected chi connectivity index (χ4v) is 5.52. The molecule has 1 aliphatic rings. The van der Waals surface area contributed by atoms with E-state index in [1.54, 1.807) is 11.4 Å². The minimum Gasteiger partial charge on any atom is -0.330 e. The normalized spacial score (nSPS) is 23.0. The van der Waals surface area contributed by atoms with Crippen molar-refractivity contribution in [1.29, 1.82) is 0 Å². The zero-order valence-electron chi connectivity index (χ0n) is 13.4. The van der Waals surface area contributed by atoms with Gasteiger partial charge in [-0.25, -0.2) is 8.42 Å². The predicted octanol–water partition coefficient (Wildman–Crippen LogP) is 2.36. The second-order valence-electron chi connectivity index (χ2n) is 6.24. The molecule has 1 aliphatic carbocycles. The van der Waals surface area contributed by atoms with Crippen LogP contribution in [0.25, 0.3) is 0 Å². The largest absolute Gasteiger partial charge is 0.330 e. The molecule has 1 fully saturated rings. The van der Waals surface area contributed by atoms with Crippen LogP contribution in [0.5, 0.6) is 0 Å². The van der Waals surface area contributed by atoms with E-state index in [0.29, 0.717) is 11.4 Å². The van der Waals surface area contributed by atoms with Gasteiger partial charge in [0, 0.05) is 13.1 Å². The van der Waals surface area contributed by atoms with Crippen LogP contribution in [0.15, 0.2) is 17.0 Å². The Kier molecular flexibility index (Phi) is 4.76. The fraction of sp³-hybridized carbons (Fsp3) is 0.625.